The van der Waals surface area contributed by atoms with Gasteiger partial charge in [0, 0.05) is 38.9 Å². The monoisotopic (exact) mass is 314 g/mol. The Morgan fingerprint density at radius 2 is 2.19 bits per heavy atom. The summed E-state index contributed by atoms with van der Waals surface area (Å²) < 4.78 is 26.7. The Labute approximate surface area is 125 Å². The third kappa shape index (κ3) is 3.82. The zero-order chi connectivity index (χ0) is 15.6. The van der Waals surface area contributed by atoms with Crippen LogP contribution in [-0.4, -0.2) is 59.2 Å². The van der Waals surface area contributed by atoms with Crippen LogP contribution in [-0.2, 0) is 28.4 Å². The highest BCUT2D eigenvalue weighted by atomic mass is 32.2. The Hall–Kier alpha value is -1.41. The Morgan fingerprint density at radius 3 is 2.76 bits per heavy atom. The molecule has 8 heteroatoms. The van der Waals surface area contributed by atoms with Crippen LogP contribution in [0, 0.1) is 0 Å². The molecule has 0 unspecified atom stereocenters. The fourth-order valence-corrected chi connectivity index (χ4v) is 3.83. The van der Waals surface area contributed by atoms with Crippen molar-refractivity contribution in [3.8, 4) is 0 Å². The van der Waals surface area contributed by atoms with Gasteiger partial charge in [0.05, 0.1) is 12.5 Å². The molecule has 0 aliphatic carbocycles. The number of piperidine rings is 1. The van der Waals surface area contributed by atoms with Crippen molar-refractivity contribution in [2.75, 3.05) is 19.8 Å². The van der Waals surface area contributed by atoms with E-state index < -0.39 is 16.1 Å². The molecule has 7 nitrogen and oxygen atoms in total. The van der Waals surface area contributed by atoms with E-state index in [9.17, 15) is 13.2 Å². The van der Waals surface area contributed by atoms with Crippen LogP contribution in [0.25, 0.3) is 0 Å². The van der Waals surface area contributed by atoms with Gasteiger partial charge in [-0.15, -0.1) is 0 Å². The largest absolute Gasteiger partial charge is 0.340 e. The standard InChI is InChI=1S/C13H22N4O3S/c1-15(9-11-8-14-16(2)10-11)13(18)12-6-4-5-7-17(12)21(3,19)20/h8,10,12H,4-7,9H2,1-3H3/t12-/m0/s1. The van der Waals surface area contributed by atoms with E-state index in [1.165, 1.54) is 10.6 Å². The number of carbonyl (C=O) groups is 1. The number of rotatable bonds is 4. The Bertz CT molecular complexity index is 611. The highest BCUT2D eigenvalue weighted by Crippen LogP contribution is 2.21. The van der Waals surface area contributed by atoms with Crippen LogP contribution in [0.5, 0.6) is 0 Å². The number of likely N-dealkylation sites (N-methyl/N-ethyl adjacent to an activating group) is 1. The molecule has 0 radical (unpaired) electrons. The van der Waals surface area contributed by atoms with Crippen molar-refractivity contribution in [2.45, 2.75) is 31.8 Å². The van der Waals surface area contributed by atoms with Gasteiger partial charge in [-0.25, -0.2) is 8.42 Å². The topological polar surface area (TPSA) is 75.5 Å². The molecule has 1 saturated heterocycles. The molecular formula is C13H22N4O3S. The minimum atomic E-state index is -3.35. The summed E-state index contributed by atoms with van der Waals surface area (Å²) in [6.45, 7) is 0.858. The number of hydrogen-bond acceptors (Lipinski definition) is 4. The van der Waals surface area contributed by atoms with Crippen LogP contribution >= 0.6 is 0 Å². The van der Waals surface area contributed by atoms with Crippen LogP contribution in [0.15, 0.2) is 12.4 Å². The maximum absolute atomic E-state index is 12.6. The van der Waals surface area contributed by atoms with Gasteiger partial charge >= 0.3 is 0 Å². The zero-order valence-electron chi connectivity index (χ0n) is 12.7. The van der Waals surface area contributed by atoms with E-state index in [-0.39, 0.29) is 5.91 Å². The van der Waals surface area contributed by atoms with E-state index in [1.54, 1.807) is 22.8 Å². The van der Waals surface area contributed by atoms with Crippen LogP contribution in [0.3, 0.4) is 0 Å². The van der Waals surface area contributed by atoms with Gasteiger partial charge in [0.15, 0.2) is 0 Å². The SMILES string of the molecule is CN(Cc1cnn(C)c1)C(=O)[C@@H]1CCCCN1S(C)(=O)=O. The molecule has 1 aliphatic heterocycles. The Balaban J connectivity index is 2.09. The highest BCUT2D eigenvalue weighted by Gasteiger charge is 2.35. The number of amides is 1. The molecular weight excluding hydrogens is 292 g/mol. The van der Waals surface area contributed by atoms with E-state index in [0.717, 1.165) is 18.4 Å². The second-order valence-electron chi connectivity index (χ2n) is 5.60. The smallest absolute Gasteiger partial charge is 0.241 e. The van der Waals surface area contributed by atoms with Gasteiger partial charge in [-0.2, -0.15) is 9.40 Å². The molecule has 0 aromatic carbocycles. The molecule has 2 heterocycles. The summed E-state index contributed by atoms with van der Waals surface area (Å²) in [5.74, 6) is -0.149. The first kappa shape index (κ1) is 16.0. The van der Waals surface area contributed by atoms with Gasteiger partial charge in [-0.3, -0.25) is 9.48 Å². The van der Waals surface area contributed by atoms with Crippen molar-refractivity contribution in [3.63, 3.8) is 0 Å². The minimum absolute atomic E-state index is 0.149. The molecule has 1 atom stereocenters. The lowest BCUT2D eigenvalue weighted by Gasteiger charge is -2.34. The van der Waals surface area contributed by atoms with Gasteiger partial charge in [0.25, 0.3) is 0 Å². The predicted octanol–water partition coefficient (Wildman–Crippen LogP) is 0.193. The summed E-state index contributed by atoms with van der Waals surface area (Å²) in [4.78, 5) is 14.1. The lowest BCUT2D eigenvalue weighted by molar-refractivity contribution is -0.135. The molecule has 0 saturated carbocycles. The molecule has 21 heavy (non-hydrogen) atoms. The van der Waals surface area contributed by atoms with Crippen LogP contribution in [0.2, 0.25) is 0 Å². The molecule has 2 rings (SSSR count). The molecule has 118 valence electrons. The molecule has 1 fully saturated rings. The first-order valence-electron chi connectivity index (χ1n) is 6.98. The first-order valence-corrected chi connectivity index (χ1v) is 8.83. The third-order valence-corrected chi connectivity index (χ3v) is 5.01. The molecule has 0 bridgehead atoms. The van der Waals surface area contributed by atoms with Gasteiger partial charge < -0.3 is 4.90 Å². The average molecular weight is 314 g/mol. The maximum atomic E-state index is 12.6. The predicted molar refractivity (Wildman–Crippen MR) is 78.9 cm³/mol. The van der Waals surface area contributed by atoms with Crippen molar-refractivity contribution < 1.29 is 13.2 Å². The Kier molecular flexibility index (Phi) is 4.67. The maximum Gasteiger partial charge on any atom is 0.241 e. The number of hydrogen-bond donors (Lipinski definition) is 0. The van der Waals surface area contributed by atoms with Crippen molar-refractivity contribution in [1.29, 1.82) is 0 Å². The quantitative estimate of drug-likeness (QED) is 0.795. The van der Waals surface area contributed by atoms with Gasteiger partial charge in [-0.05, 0) is 12.8 Å². The number of aryl methyl sites for hydroxylation is 1. The number of nitrogens with zero attached hydrogens (tertiary/aromatic N) is 4. The number of aromatic nitrogens is 2. The first-order chi connectivity index (χ1) is 9.79. The van der Waals surface area contributed by atoms with Crippen LogP contribution < -0.4 is 0 Å². The molecule has 1 aliphatic rings. The normalized spacial score (nSPS) is 20.4. The second-order valence-corrected chi connectivity index (χ2v) is 7.54. The van der Waals surface area contributed by atoms with Crippen LogP contribution in [0.4, 0.5) is 0 Å². The van der Waals surface area contributed by atoms with Crippen LogP contribution in [0.1, 0.15) is 24.8 Å². The fraction of sp³-hybridized carbons (Fsp3) is 0.692. The van der Waals surface area contributed by atoms with Crippen molar-refractivity contribution in [1.82, 2.24) is 19.0 Å². The average Bonchev–Trinajstić information content (AvgIpc) is 2.82. The number of carbonyl (C=O) groups excluding carboxylic acids is 1. The zero-order valence-corrected chi connectivity index (χ0v) is 13.5. The summed E-state index contributed by atoms with van der Waals surface area (Å²) in [7, 11) is 0.163. The van der Waals surface area contributed by atoms with Crippen molar-refractivity contribution >= 4 is 15.9 Å². The van der Waals surface area contributed by atoms with E-state index in [0.29, 0.717) is 19.5 Å². The lowest BCUT2D eigenvalue weighted by Crippen LogP contribution is -2.51. The molecule has 0 spiro atoms. The van der Waals surface area contributed by atoms with Crippen molar-refractivity contribution in [3.05, 3.63) is 18.0 Å². The third-order valence-electron chi connectivity index (χ3n) is 3.72. The minimum Gasteiger partial charge on any atom is -0.340 e. The summed E-state index contributed by atoms with van der Waals surface area (Å²) >= 11 is 0. The number of sulfonamides is 1. The summed E-state index contributed by atoms with van der Waals surface area (Å²) in [5.41, 5.74) is 0.926. The summed E-state index contributed by atoms with van der Waals surface area (Å²) in [6, 6.07) is -0.574. The highest BCUT2D eigenvalue weighted by molar-refractivity contribution is 7.88. The molecule has 1 amide bonds. The van der Waals surface area contributed by atoms with E-state index in [4.69, 9.17) is 0 Å². The van der Waals surface area contributed by atoms with Gasteiger partial charge in [-0.1, -0.05) is 6.42 Å². The molecule has 0 N–H and O–H groups in total. The lowest BCUT2D eigenvalue weighted by atomic mass is 10.0. The van der Waals surface area contributed by atoms with Gasteiger partial charge in [0.1, 0.15) is 6.04 Å². The molecule has 1 aromatic rings. The Morgan fingerprint density at radius 1 is 1.48 bits per heavy atom. The summed E-state index contributed by atoms with van der Waals surface area (Å²) in [6.07, 6.45) is 6.99. The van der Waals surface area contributed by atoms with E-state index in [1.807, 2.05) is 13.2 Å². The molecule has 1 aromatic heterocycles. The van der Waals surface area contributed by atoms with Crippen molar-refractivity contribution in [2.24, 2.45) is 7.05 Å². The fourth-order valence-electron chi connectivity index (χ4n) is 2.71. The summed E-state index contributed by atoms with van der Waals surface area (Å²) in [5, 5.41) is 4.07. The van der Waals surface area contributed by atoms with E-state index in [2.05, 4.69) is 5.10 Å². The van der Waals surface area contributed by atoms with E-state index >= 15 is 0 Å². The second kappa shape index (κ2) is 6.15. The van der Waals surface area contributed by atoms with Gasteiger partial charge in [0.2, 0.25) is 15.9 Å².